The van der Waals surface area contributed by atoms with Gasteiger partial charge in [-0.2, -0.15) is 0 Å². The number of carbonyl (C=O) groups is 2. The summed E-state index contributed by atoms with van der Waals surface area (Å²) in [6, 6.07) is 13.6. The fourth-order valence-electron chi connectivity index (χ4n) is 4.23. The number of aromatic amines is 1. The van der Waals surface area contributed by atoms with Crippen molar-refractivity contribution in [3.8, 4) is 5.75 Å². The Balaban J connectivity index is 1.33. The summed E-state index contributed by atoms with van der Waals surface area (Å²) in [7, 11) is 1.69. The average molecular weight is 453 g/mol. The Labute approximate surface area is 191 Å². The van der Waals surface area contributed by atoms with Crippen LogP contribution in [0.5, 0.6) is 5.75 Å². The van der Waals surface area contributed by atoms with Crippen molar-refractivity contribution >= 4 is 40.2 Å². The highest BCUT2D eigenvalue weighted by molar-refractivity contribution is 8.00. The average Bonchev–Trinajstić information content (AvgIpc) is 3.22. The molecule has 1 saturated heterocycles. The lowest BCUT2D eigenvalue weighted by atomic mass is 9.89. The lowest BCUT2D eigenvalue weighted by Crippen LogP contribution is -2.38. The van der Waals surface area contributed by atoms with Crippen molar-refractivity contribution in [2.24, 2.45) is 5.73 Å². The summed E-state index contributed by atoms with van der Waals surface area (Å²) < 4.78 is 5.39. The topological polar surface area (TPSA) is 100 Å². The summed E-state index contributed by atoms with van der Waals surface area (Å²) in [5, 5.41) is 4.20. The van der Waals surface area contributed by atoms with Crippen LogP contribution in [0, 0.1) is 0 Å². The van der Waals surface area contributed by atoms with E-state index in [1.165, 1.54) is 22.7 Å². The van der Waals surface area contributed by atoms with E-state index in [4.69, 9.17) is 10.5 Å². The van der Waals surface area contributed by atoms with Crippen LogP contribution < -0.4 is 15.8 Å². The maximum absolute atomic E-state index is 12.7. The summed E-state index contributed by atoms with van der Waals surface area (Å²) in [4.78, 5) is 30.1. The Morgan fingerprint density at radius 2 is 2.00 bits per heavy atom. The molecule has 0 unspecified atom stereocenters. The zero-order valence-electron chi connectivity index (χ0n) is 18.1. The smallest absolute Gasteiger partial charge is 0.238 e. The Kier molecular flexibility index (Phi) is 7.02. The molecule has 0 atom stereocenters. The Bertz CT molecular complexity index is 1110. The minimum atomic E-state index is -0.382. The largest absolute Gasteiger partial charge is 0.497 e. The van der Waals surface area contributed by atoms with E-state index in [0.717, 1.165) is 42.1 Å². The number of primary amides is 1. The van der Waals surface area contributed by atoms with E-state index in [0.29, 0.717) is 18.2 Å². The quantitative estimate of drug-likeness (QED) is 0.454. The molecule has 32 heavy (non-hydrogen) atoms. The number of amides is 2. The number of anilines is 1. The number of rotatable bonds is 8. The molecule has 1 aliphatic rings. The van der Waals surface area contributed by atoms with Gasteiger partial charge in [0.15, 0.2) is 0 Å². The van der Waals surface area contributed by atoms with E-state index < -0.39 is 0 Å². The van der Waals surface area contributed by atoms with Crippen molar-refractivity contribution in [2.75, 3.05) is 37.8 Å². The van der Waals surface area contributed by atoms with Crippen LogP contribution in [0.4, 0.5) is 5.69 Å². The van der Waals surface area contributed by atoms with Crippen molar-refractivity contribution in [1.29, 1.82) is 0 Å². The lowest BCUT2D eigenvalue weighted by Gasteiger charge is -2.31. The number of methoxy groups -OCH3 is 1. The van der Waals surface area contributed by atoms with Gasteiger partial charge in [-0.15, -0.1) is 11.8 Å². The highest BCUT2D eigenvalue weighted by Crippen LogP contribution is 2.34. The highest BCUT2D eigenvalue weighted by atomic mass is 32.2. The van der Waals surface area contributed by atoms with Crippen LogP contribution in [0.25, 0.3) is 10.9 Å². The number of likely N-dealkylation sites (tertiary alicyclic amines) is 1. The molecule has 0 spiro atoms. The van der Waals surface area contributed by atoms with Gasteiger partial charge < -0.3 is 20.8 Å². The van der Waals surface area contributed by atoms with Crippen molar-refractivity contribution in [3.63, 3.8) is 0 Å². The number of thioether (sulfide) groups is 1. The first kappa shape index (κ1) is 22.2. The third-order valence-corrected chi connectivity index (χ3v) is 6.94. The molecule has 2 aromatic carbocycles. The number of carbonyl (C=O) groups excluding carboxylic acids is 2. The number of nitrogens with zero attached hydrogens (tertiary/aromatic N) is 1. The first-order valence-corrected chi connectivity index (χ1v) is 11.7. The summed E-state index contributed by atoms with van der Waals surface area (Å²) in [5.41, 5.74) is 8.40. The molecule has 2 heterocycles. The number of piperidine rings is 1. The fourth-order valence-corrected chi connectivity index (χ4v) is 4.97. The standard InChI is InChI=1S/C24H28N4O3S/c1-31-17-6-7-20-18(12-17)19(13-26-20)16-8-10-28(11-9-16)14-24(30)27-21-4-2-3-5-22(21)32-15-23(25)29/h2-7,12-13,16,26H,8-11,14-15H2,1H3,(H2,25,29)(H,27,30). The van der Waals surface area contributed by atoms with Gasteiger partial charge >= 0.3 is 0 Å². The van der Waals surface area contributed by atoms with Gasteiger partial charge in [-0.25, -0.2) is 0 Å². The second-order valence-electron chi connectivity index (χ2n) is 8.01. The molecule has 0 bridgehead atoms. The molecule has 168 valence electrons. The number of nitrogens with one attached hydrogen (secondary N) is 2. The molecule has 3 aromatic rings. The van der Waals surface area contributed by atoms with Gasteiger partial charge in [0.25, 0.3) is 0 Å². The SMILES string of the molecule is COc1ccc2[nH]cc(C3CCN(CC(=O)Nc4ccccc4SCC(N)=O)CC3)c2c1. The zero-order valence-corrected chi connectivity index (χ0v) is 18.9. The fraction of sp³-hybridized carbons (Fsp3) is 0.333. The maximum atomic E-state index is 12.7. The molecule has 1 aromatic heterocycles. The molecule has 2 amide bonds. The van der Waals surface area contributed by atoms with Crippen molar-refractivity contribution in [1.82, 2.24) is 9.88 Å². The van der Waals surface area contributed by atoms with Crippen molar-refractivity contribution in [3.05, 3.63) is 54.2 Å². The van der Waals surface area contributed by atoms with Crippen molar-refractivity contribution < 1.29 is 14.3 Å². The normalized spacial score (nSPS) is 15.0. The number of nitrogens with two attached hydrogens (primary N) is 1. The minimum absolute atomic E-state index is 0.0487. The molecule has 1 aliphatic heterocycles. The monoisotopic (exact) mass is 452 g/mol. The number of benzene rings is 2. The number of fused-ring (bicyclic) bond motifs is 1. The van der Waals surface area contributed by atoms with Crippen molar-refractivity contribution in [2.45, 2.75) is 23.7 Å². The van der Waals surface area contributed by atoms with Crippen LogP contribution in [0.2, 0.25) is 0 Å². The van der Waals surface area contributed by atoms with Crippen LogP contribution in [-0.4, -0.2) is 54.2 Å². The minimum Gasteiger partial charge on any atom is -0.497 e. The predicted octanol–water partition coefficient (Wildman–Crippen LogP) is 3.57. The van der Waals surface area contributed by atoms with E-state index in [1.807, 2.05) is 30.3 Å². The van der Waals surface area contributed by atoms with Gasteiger partial charge in [0, 0.05) is 22.0 Å². The molecule has 0 aliphatic carbocycles. The number of H-pyrrole nitrogens is 1. The number of para-hydroxylation sites is 1. The molecular formula is C24H28N4O3S. The van der Waals surface area contributed by atoms with Gasteiger partial charge in [0.05, 0.1) is 25.1 Å². The molecule has 4 rings (SSSR count). The number of hydrogen-bond donors (Lipinski definition) is 3. The van der Waals surface area contributed by atoms with E-state index in [9.17, 15) is 9.59 Å². The maximum Gasteiger partial charge on any atom is 0.238 e. The molecule has 4 N–H and O–H groups in total. The summed E-state index contributed by atoms with van der Waals surface area (Å²) in [6.07, 6.45) is 4.11. The molecule has 0 radical (unpaired) electrons. The van der Waals surface area contributed by atoms with Crippen LogP contribution in [0.1, 0.15) is 24.3 Å². The lowest BCUT2D eigenvalue weighted by molar-refractivity contribution is -0.117. The molecule has 7 nitrogen and oxygen atoms in total. The van der Waals surface area contributed by atoms with E-state index >= 15 is 0 Å². The predicted molar refractivity (Wildman–Crippen MR) is 128 cm³/mol. The van der Waals surface area contributed by atoms with E-state index in [1.54, 1.807) is 7.11 Å². The van der Waals surface area contributed by atoms with Gasteiger partial charge in [-0.1, -0.05) is 12.1 Å². The third-order valence-electron chi connectivity index (χ3n) is 5.85. The molecule has 8 heteroatoms. The van der Waals surface area contributed by atoms with Gasteiger partial charge in [-0.3, -0.25) is 14.5 Å². The van der Waals surface area contributed by atoms with E-state index in [-0.39, 0.29) is 17.6 Å². The zero-order chi connectivity index (χ0) is 22.5. The summed E-state index contributed by atoms with van der Waals surface area (Å²) in [6.45, 7) is 2.09. The molecule has 1 fully saturated rings. The van der Waals surface area contributed by atoms with E-state index in [2.05, 4.69) is 33.5 Å². The van der Waals surface area contributed by atoms with Crippen LogP contribution >= 0.6 is 11.8 Å². The second kappa shape index (κ2) is 10.1. The second-order valence-corrected chi connectivity index (χ2v) is 9.02. The van der Waals surface area contributed by atoms with Crippen LogP contribution in [-0.2, 0) is 9.59 Å². The van der Waals surface area contributed by atoms with Gasteiger partial charge in [0.1, 0.15) is 5.75 Å². The number of ether oxygens (including phenoxy) is 1. The first-order valence-electron chi connectivity index (χ1n) is 10.7. The van der Waals surface area contributed by atoms with Gasteiger partial charge in [-0.05, 0) is 67.7 Å². The summed E-state index contributed by atoms with van der Waals surface area (Å²) in [5.74, 6) is 1.07. The Morgan fingerprint density at radius 1 is 1.22 bits per heavy atom. The van der Waals surface area contributed by atoms with Gasteiger partial charge in [0.2, 0.25) is 11.8 Å². The first-order chi connectivity index (χ1) is 15.5. The summed E-state index contributed by atoms with van der Waals surface area (Å²) >= 11 is 1.33. The Hall–Kier alpha value is -2.97. The Morgan fingerprint density at radius 3 is 2.75 bits per heavy atom. The highest BCUT2D eigenvalue weighted by Gasteiger charge is 2.24. The molecule has 0 saturated carbocycles. The van der Waals surface area contributed by atoms with Crippen LogP contribution in [0.3, 0.4) is 0 Å². The number of hydrogen-bond acceptors (Lipinski definition) is 5. The number of aromatic nitrogens is 1. The van der Waals surface area contributed by atoms with Crippen LogP contribution in [0.15, 0.2) is 53.6 Å². The third kappa shape index (κ3) is 5.26. The molecular weight excluding hydrogens is 424 g/mol.